The van der Waals surface area contributed by atoms with Crippen LogP contribution in [0.1, 0.15) is 36.6 Å². The van der Waals surface area contributed by atoms with Crippen LogP contribution < -0.4 is 4.74 Å². The van der Waals surface area contributed by atoms with Crippen molar-refractivity contribution in [2.45, 2.75) is 36.2 Å². The van der Waals surface area contributed by atoms with Gasteiger partial charge in [0.25, 0.3) is 0 Å². The van der Waals surface area contributed by atoms with E-state index in [2.05, 4.69) is 21.7 Å². The van der Waals surface area contributed by atoms with Crippen LogP contribution in [-0.4, -0.2) is 21.9 Å². The molecule has 1 saturated carbocycles. The maximum Gasteiger partial charge on any atom is 0.191 e. The van der Waals surface area contributed by atoms with Gasteiger partial charge >= 0.3 is 0 Å². The predicted octanol–water partition coefficient (Wildman–Crippen LogP) is 4.13. The number of aromatic nitrogens is 3. The van der Waals surface area contributed by atoms with E-state index < -0.39 is 0 Å². The third-order valence-electron chi connectivity index (χ3n) is 3.41. The van der Waals surface area contributed by atoms with Crippen molar-refractivity contribution in [3.63, 3.8) is 0 Å². The van der Waals surface area contributed by atoms with Gasteiger partial charge < -0.3 is 9.30 Å². The fourth-order valence-corrected chi connectivity index (χ4v) is 3.36. The number of halogens is 1. The highest BCUT2D eigenvalue weighted by atomic mass is 35.5. The smallest absolute Gasteiger partial charge is 0.191 e. The first-order valence-corrected chi connectivity index (χ1v) is 7.84. The van der Waals surface area contributed by atoms with E-state index in [0.717, 1.165) is 10.7 Å². The number of benzene rings is 1. The highest BCUT2D eigenvalue weighted by Crippen LogP contribution is 2.41. The summed E-state index contributed by atoms with van der Waals surface area (Å²) in [7, 11) is 1.62. The molecule has 1 unspecified atom stereocenters. The normalized spacial score (nSPS) is 16.1. The lowest BCUT2D eigenvalue weighted by molar-refractivity contribution is 0.415. The van der Waals surface area contributed by atoms with E-state index in [0.29, 0.717) is 16.8 Å². The number of thioether (sulfide) groups is 1. The third-order valence-corrected chi connectivity index (χ3v) is 4.83. The quantitative estimate of drug-likeness (QED) is 0.779. The molecular weight excluding hydrogens is 294 g/mol. The van der Waals surface area contributed by atoms with Gasteiger partial charge in [0.05, 0.1) is 12.1 Å². The van der Waals surface area contributed by atoms with E-state index in [1.165, 1.54) is 12.8 Å². The first-order chi connectivity index (χ1) is 9.69. The van der Waals surface area contributed by atoms with Gasteiger partial charge in [-0.2, -0.15) is 0 Å². The summed E-state index contributed by atoms with van der Waals surface area (Å²) in [5, 5.41) is 10.1. The minimum Gasteiger partial charge on any atom is -0.495 e. The van der Waals surface area contributed by atoms with Gasteiger partial charge in [-0.1, -0.05) is 29.4 Å². The Hall–Kier alpha value is -1.20. The molecule has 1 aliphatic carbocycles. The molecule has 6 heteroatoms. The minimum absolute atomic E-state index is 0.264. The molecule has 0 radical (unpaired) electrons. The van der Waals surface area contributed by atoms with Gasteiger partial charge in [0, 0.05) is 11.3 Å². The van der Waals surface area contributed by atoms with Gasteiger partial charge in [-0.05, 0) is 37.5 Å². The highest BCUT2D eigenvalue weighted by molar-refractivity contribution is 7.99. The Kier molecular flexibility index (Phi) is 3.89. The fourth-order valence-electron chi connectivity index (χ4n) is 2.08. The zero-order chi connectivity index (χ0) is 14.1. The second kappa shape index (κ2) is 5.66. The predicted molar refractivity (Wildman–Crippen MR) is 80.6 cm³/mol. The summed E-state index contributed by atoms with van der Waals surface area (Å²) in [4.78, 5) is 0. The molecule has 0 spiro atoms. The molecule has 1 aromatic heterocycles. The summed E-state index contributed by atoms with van der Waals surface area (Å²) in [5.41, 5.74) is 1.16. The molecule has 1 aromatic carbocycles. The average molecular weight is 310 g/mol. The van der Waals surface area contributed by atoms with Crippen molar-refractivity contribution >= 4 is 23.4 Å². The lowest BCUT2D eigenvalue weighted by atomic mass is 10.1. The van der Waals surface area contributed by atoms with Crippen LogP contribution in [0.15, 0.2) is 29.7 Å². The molecule has 0 amide bonds. The highest BCUT2D eigenvalue weighted by Gasteiger charge is 2.27. The number of nitrogens with zero attached hydrogens (tertiary/aromatic N) is 3. The van der Waals surface area contributed by atoms with Crippen molar-refractivity contribution < 1.29 is 4.74 Å². The topological polar surface area (TPSA) is 39.9 Å². The molecule has 1 atom stereocenters. The van der Waals surface area contributed by atoms with Crippen LogP contribution in [0, 0.1) is 0 Å². The largest absolute Gasteiger partial charge is 0.495 e. The monoisotopic (exact) mass is 309 g/mol. The van der Waals surface area contributed by atoms with Gasteiger partial charge in [0.2, 0.25) is 0 Å². The molecular formula is C14H16ClN3OS. The van der Waals surface area contributed by atoms with Crippen LogP contribution in [0.4, 0.5) is 0 Å². The summed E-state index contributed by atoms with van der Waals surface area (Å²) in [6.45, 7) is 2.15. The van der Waals surface area contributed by atoms with Crippen LogP contribution in [0.3, 0.4) is 0 Å². The lowest BCUT2D eigenvalue weighted by Crippen LogP contribution is -1.97. The summed E-state index contributed by atoms with van der Waals surface area (Å²) in [6.07, 6.45) is 4.29. The van der Waals surface area contributed by atoms with Crippen molar-refractivity contribution in [3.05, 3.63) is 35.1 Å². The Morgan fingerprint density at radius 3 is 2.90 bits per heavy atom. The Balaban J connectivity index is 1.76. The Morgan fingerprint density at radius 1 is 1.45 bits per heavy atom. The second-order valence-electron chi connectivity index (χ2n) is 4.91. The lowest BCUT2D eigenvalue weighted by Gasteiger charge is -2.13. The third kappa shape index (κ3) is 2.79. The molecule has 2 aromatic rings. The minimum atomic E-state index is 0.264. The van der Waals surface area contributed by atoms with Gasteiger partial charge in [0.15, 0.2) is 5.16 Å². The Labute approximate surface area is 127 Å². The van der Waals surface area contributed by atoms with Crippen molar-refractivity contribution in [2.24, 2.45) is 0 Å². The molecule has 0 N–H and O–H groups in total. The summed E-state index contributed by atoms with van der Waals surface area (Å²) >= 11 is 7.89. The van der Waals surface area contributed by atoms with E-state index in [4.69, 9.17) is 16.3 Å². The van der Waals surface area contributed by atoms with Gasteiger partial charge in [0.1, 0.15) is 12.1 Å². The van der Waals surface area contributed by atoms with Crippen molar-refractivity contribution in [1.82, 2.24) is 14.8 Å². The van der Waals surface area contributed by atoms with Crippen molar-refractivity contribution in [3.8, 4) is 5.75 Å². The fraction of sp³-hybridized carbons (Fsp3) is 0.429. The molecule has 0 bridgehead atoms. The van der Waals surface area contributed by atoms with Crippen molar-refractivity contribution in [1.29, 1.82) is 0 Å². The van der Waals surface area contributed by atoms with E-state index in [1.54, 1.807) is 18.9 Å². The summed E-state index contributed by atoms with van der Waals surface area (Å²) < 4.78 is 7.35. The van der Waals surface area contributed by atoms with E-state index in [-0.39, 0.29) is 5.25 Å². The van der Waals surface area contributed by atoms with Crippen LogP contribution >= 0.6 is 23.4 Å². The Morgan fingerprint density at radius 2 is 2.25 bits per heavy atom. The van der Waals surface area contributed by atoms with Crippen molar-refractivity contribution in [2.75, 3.05) is 7.11 Å². The SMILES string of the molecule is COc1ccc(C(C)Sc2nncn2C2CC2)cc1Cl. The number of hydrogen-bond donors (Lipinski definition) is 0. The maximum absolute atomic E-state index is 6.18. The summed E-state index contributed by atoms with van der Waals surface area (Å²) in [6, 6.07) is 6.50. The zero-order valence-corrected chi connectivity index (χ0v) is 13.0. The molecule has 0 aliphatic heterocycles. The Bertz CT molecular complexity index is 612. The second-order valence-corrected chi connectivity index (χ2v) is 6.62. The van der Waals surface area contributed by atoms with Gasteiger partial charge in [-0.3, -0.25) is 0 Å². The van der Waals surface area contributed by atoms with Gasteiger partial charge in [-0.25, -0.2) is 0 Å². The standard InChI is InChI=1S/C14H16ClN3OS/c1-9(10-3-6-13(19-2)12(15)7-10)20-14-17-16-8-18(14)11-4-5-11/h3,6-9,11H,4-5H2,1-2H3. The van der Waals surface area contributed by atoms with Crippen LogP contribution in [0.25, 0.3) is 0 Å². The number of hydrogen-bond acceptors (Lipinski definition) is 4. The van der Waals surface area contributed by atoms with E-state index in [1.807, 2.05) is 24.5 Å². The van der Waals surface area contributed by atoms with Crippen LogP contribution in [0.2, 0.25) is 5.02 Å². The first kappa shape index (κ1) is 13.8. The molecule has 1 heterocycles. The van der Waals surface area contributed by atoms with E-state index >= 15 is 0 Å². The molecule has 0 saturated heterocycles. The zero-order valence-electron chi connectivity index (χ0n) is 11.4. The molecule has 1 aliphatic rings. The molecule has 1 fully saturated rings. The molecule has 106 valence electrons. The maximum atomic E-state index is 6.18. The number of ether oxygens (including phenoxy) is 1. The molecule has 3 rings (SSSR count). The van der Waals surface area contributed by atoms with E-state index in [9.17, 15) is 0 Å². The van der Waals surface area contributed by atoms with Crippen LogP contribution in [0.5, 0.6) is 5.75 Å². The van der Waals surface area contributed by atoms with Crippen LogP contribution in [-0.2, 0) is 0 Å². The molecule has 4 nitrogen and oxygen atoms in total. The number of rotatable bonds is 5. The number of methoxy groups -OCH3 is 1. The first-order valence-electron chi connectivity index (χ1n) is 6.58. The average Bonchev–Trinajstić information content (AvgIpc) is 3.19. The van der Waals surface area contributed by atoms with Gasteiger partial charge in [-0.15, -0.1) is 10.2 Å². The summed E-state index contributed by atoms with van der Waals surface area (Å²) in [5.74, 6) is 0.703. The molecule has 20 heavy (non-hydrogen) atoms.